The Morgan fingerprint density at radius 2 is 2.09 bits per heavy atom. The van der Waals surface area contributed by atoms with Crippen molar-refractivity contribution < 1.29 is 28.8 Å². The van der Waals surface area contributed by atoms with E-state index in [-0.39, 0.29) is 41.5 Å². The standard InChI is InChI=1S/C19H21N5O7S/c1-4-30-18(26)15-12(20-19(27)21-16(15)13-6-5-7-32-13)9-31-14(25)8-23-11(3)17(24(28)29)10(2)22-23/h5-7,16H,4,8-9H2,1-3H3,(H2,20,21,27). The van der Waals surface area contributed by atoms with Gasteiger partial charge in [-0.25, -0.2) is 9.59 Å². The van der Waals surface area contributed by atoms with Crippen molar-refractivity contribution in [3.8, 4) is 0 Å². The maximum absolute atomic E-state index is 12.6. The molecule has 0 aliphatic carbocycles. The lowest BCUT2D eigenvalue weighted by molar-refractivity contribution is -0.386. The van der Waals surface area contributed by atoms with Crippen LogP contribution in [0.5, 0.6) is 0 Å². The molecule has 0 saturated heterocycles. The van der Waals surface area contributed by atoms with Crippen LogP contribution in [0, 0.1) is 24.0 Å². The SMILES string of the molecule is CCOC(=O)C1=C(COC(=O)Cn2nc(C)c([N+](=O)[O-])c2C)NC(=O)NC1c1cccs1. The van der Waals surface area contributed by atoms with Gasteiger partial charge in [0.2, 0.25) is 0 Å². The van der Waals surface area contributed by atoms with E-state index in [0.29, 0.717) is 4.88 Å². The second-order valence-corrected chi connectivity index (χ2v) is 7.73. The van der Waals surface area contributed by atoms with Crippen molar-refractivity contribution in [2.45, 2.75) is 33.4 Å². The Bertz CT molecular complexity index is 1090. The van der Waals surface area contributed by atoms with E-state index in [1.54, 1.807) is 24.4 Å². The maximum atomic E-state index is 12.6. The van der Waals surface area contributed by atoms with Crippen LogP contribution < -0.4 is 10.6 Å². The number of urea groups is 1. The Balaban J connectivity index is 1.81. The quantitative estimate of drug-likeness (QED) is 0.342. The van der Waals surface area contributed by atoms with E-state index in [9.17, 15) is 24.5 Å². The summed E-state index contributed by atoms with van der Waals surface area (Å²) < 4.78 is 11.6. The van der Waals surface area contributed by atoms with Crippen molar-refractivity contribution in [1.82, 2.24) is 20.4 Å². The second-order valence-electron chi connectivity index (χ2n) is 6.75. The molecule has 0 saturated carbocycles. The first-order chi connectivity index (χ1) is 15.2. The summed E-state index contributed by atoms with van der Waals surface area (Å²) >= 11 is 1.35. The van der Waals surface area contributed by atoms with Crippen LogP contribution in [0.25, 0.3) is 0 Å². The summed E-state index contributed by atoms with van der Waals surface area (Å²) in [7, 11) is 0. The summed E-state index contributed by atoms with van der Waals surface area (Å²) in [6, 6.07) is 2.23. The number of aromatic nitrogens is 2. The van der Waals surface area contributed by atoms with E-state index in [1.807, 2.05) is 0 Å². The summed E-state index contributed by atoms with van der Waals surface area (Å²) in [5.74, 6) is -1.40. The van der Waals surface area contributed by atoms with Crippen LogP contribution in [-0.2, 0) is 25.6 Å². The number of amides is 2. The monoisotopic (exact) mass is 463 g/mol. The smallest absolute Gasteiger partial charge is 0.338 e. The molecule has 3 heterocycles. The molecule has 1 atom stereocenters. The van der Waals surface area contributed by atoms with Crippen LogP contribution in [0.1, 0.15) is 29.2 Å². The predicted octanol–water partition coefficient (Wildman–Crippen LogP) is 1.88. The highest BCUT2D eigenvalue weighted by Crippen LogP contribution is 2.30. The first-order valence-corrected chi connectivity index (χ1v) is 10.5. The molecule has 1 aliphatic rings. The zero-order valence-electron chi connectivity index (χ0n) is 17.5. The fraction of sp³-hybridized carbons (Fsp3) is 0.368. The van der Waals surface area contributed by atoms with Gasteiger partial charge in [0.1, 0.15) is 24.5 Å². The zero-order chi connectivity index (χ0) is 23.4. The Morgan fingerprint density at radius 3 is 2.69 bits per heavy atom. The highest BCUT2D eigenvalue weighted by atomic mass is 32.1. The molecule has 1 unspecified atom stereocenters. The number of thiophene rings is 1. The third kappa shape index (κ3) is 4.77. The minimum atomic E-state index is -0.754. The van der Waals surface area contributed by atoms with Gasteiger partial charge >= 0.3 is 23.7 Å². The molecule has 2 amide bonds. The van der Waals surface area contributed by atoms with Crippen LogP contribution in [0.3, 0.4) is 0 Å². The van der Waals surface area contributed by atoms with Gasteiger partial charge in [-0.05, 0) is 32.2 Å². The summed E-state index contributed by atoms with van der Waals surface area (Å²) in [6.45, 7) is 3.95. The van der Waals surface area contributed by atoms with Crippen LogP contribution >= 0.6 is 11.3 Å². The maximum Gasteiger partial charge on any atom is 0.338 e. The zero-order valence-corrected chi connectivity index (χ0v) is 18.4. The van der Waals surface area contributed by atoms with E-state index >= 15 is 0 Å². The Hall–Kier alpha value is -3.74. The van der Waals surface area contributed by atoms with Crippen molar-refractivity contribution in [3.63, 3.8) is 0 Å². The van der Waals surface area contributed by atoms with E-state index < -0.39 is 35.5 Å². The number of esters is 2. The van der Waals surface area contributed by atoms with Crippen molar-refractivity contribution in [2.24, 2.45) is 0 Å². The minimum Gasteiger partial charge on any atom is -0.463 e. The fourth-order valence-electron chi connectivity index (χ4n) is 3.28. The molecule has 32 heavy (non-hydrogen) atoms. The number of rotatable bonds is 8. The number of nitrogens with zero attached hydrogens (tertiary/aromatic N) is 3. The first-order valence-electron chi connectivity index (χ1n) is 9.58. The van der Waals surface area contributed by atoms with Crippen molar-refractivity contribution >= 4 is 35.0 Å². The molecule has 2 N–H and O–H groups in total. The molecule has 0 radical (unpaired) electrons. The molecule has 2 aromatic rings. The highest BCUT2D eigenvalue weighted by Gasteiger charge is 2.35. The molecule has 0 aromatic carbocycles. The summed E-state index contributed by atoms with van der Waals surface area (Å²) in [6.07, 6.45) is 0. The van der Waals surface area contributed by atoms with Crippen LogP contribution in [0.4, 0.5) is 10.5 Å². The van der Waals surface area contributed by atoms with Crippen molar-refractivity contribution in [1.29, 1.82) is 0 Å². The second kappa shape index (κ2) is 9.60. The normalized spacial score (nSPS) is 15.7. The molecule has 13 heteroatoms. The molecule has 3 rings (SSSR count). The summed E-state index contributed by atoms with van der Waals surface area (Å²) in [5, 5.41) is 22.1. The van der Waals surface area contributed by atoms with Gasteiger partial charge < -0.3 is 20.1 Å². The van der Waals surface area contributed by atoms with Crippen molar-refractivity contribution in [3.05, 3.63) is 55.2 Å². The van der Waals surface area contributed by atoms with Gasteiger partial charge in [-0.3, -0.25) is 19.6 Å². The minimum absolute atomic E-state index is 0.0956. The largest absolute Gasteiger partial charge is 0.463 e. The molecule has 0 fully saturated rings. The van der Waals surface area contributed by atoms with E-state index in [2.05, 4.69) is 15.7 Å². The summed E-state index contributed by atoms with van der Waals surface area (Å²) in [4.78, 5) is 48.4. The van der Waals surface area contributed by atoms with Crippen LogP contribution in [0.2, 0.25) is 0 Å². The van der Waals surface area contributed by atoms with Gasteiger partial charge in [0.15, 0.2) is 0 Å². The third-order valence-corrected chi connectivity index (χ3v) is 5.60. The van der Waals surface area contributed by atoms with E-state index in [4.69, 9.17) is 9.47 Å². The molecule has 0 bridgehead atoms. The molecule has 12 nitrogen and oxygen atoms in total. The number of hydrogen-bond acceptors (Lipinski definition) is 9. The number of nitrogens with one attached hydrogen (secondary N) is 2. The highest BCUT2D eigenvalue weighted by molar-refractivity contribution is 7.10. The Kier molecular flexibility index (Phi) is 6.88. The van der Waals surface area contributed by atoms with Gasteiger partial charge in [0, 0.05) is 4.88 Å². The van der Waals surface area contributed by atoms with Crippen molar-refractivity contribution in [2.75, 3.05) is 13.2 Å². The molecule has 0 spiro atoms. The van der Waals surface area contributed by atoms with Gasteiger partial charge in [-0.15, -0.1) is 11.3 Å². The lowest BCUT2D eigenvalue weighted by Gasteiger charge is -2.28. The molecule has 2 aromatic heterocycles. The molecule has 170 valence electrons. The van der Waals surface area contributed by atoms with Gasteiger partial charge in [-0.2, -0.15) is 5.10 Å². The lowest BCUT2D eigenvalue weighted by atomic mass is 10.0. The Labute approximate surface area is 186 Å². The number of nitro groups is 1. The van der Waals surface area contributed by atoms with Gasteiger partial charge in [0.05, 0.1) is 28.8 Å². The average Bonchev–Trinajstić information content (AvgIpc) is 3.34. The third-order valence-electron chi connectivity index (χ3n) is 4.66. The Morgan fingerprint density at radius 1 is 1.34 bits per heavy atom. The fourth-order valence-corrected chi connectivity index (χ4v) is 4.06. The molecule has 1 aliphatic heterocycles. The average molecular weight is 463 g/mol. The van der Waals surface area contributed by atoms with Gasteiger partial charge in [0.25, 0.3) is 0 Å². The predicted molar refractivity (Wildman–Crippen MR) is 112 cm³/mol. The van der Waals surface area contributed by atoms with Crippen LogP contribution in [-0.4, -0.2) is 45.9 Å². The van der Waals surface area contributed by atoms with Crippen LogP contribution in [0.15, 0.2) is 28.8 Å². The van der Waals surface area contributed by atoms with Gasteiger partial charge in [-0.1, -0.05) is 6.07 Å². The number of carbonyl (C=O) groups is 3. The topological polar surface area (TPSA) is 155 Å². The van der Waals surface area contributed by atoms with E-state index in [1.165, 1.54) is 29.9 Å². The molecular weight excluding hydrogens is 442 g/mol. The number of hydrogen-bond donors (Lipinski definition) is 2. The van der Waals surface area contributed by atoms with E-state index in [0.717, 1.165) is 0 Å². The lowest BCUT2D eigenvalue weighted by Crippen LogP contribution is -2.47. The summed E-state index contributed by atoms with van der Waals surface area (Å²) in [5.41, 5.74) is 0.442. The number of ether oxygens (including phenoxy) is 2. The molecular formula is C19H21N5O7S. The number of carbonyl (C=O) groups excluding carboxylic acids is 3. The number of aryl methyl sites for hydroxylation is 1. The first kappa shape index (κ1) is 22.9.